The van der Waals surface area contributed by atoms with Crippen molar-refractivity contribution in [1.29, 1.82) is 0 Å². The van der Waals surface area contributed by atoms with E-state index >= 15 is 0 Å². The molecule has 170 valence electrons. The second kappa shape index (κ2) is 10.2. The van der Waals surface area contributed by atoms with Crippen LogP contribution in [0.2, 0.25) is 0 Å². The Kier molecular flexibility index (Phi) is 7.66. The van der Waals surface area contributed by atoms with Crippen LogP contribution < -0.4 is 10.0 Å². The molecule has 9 nitrogen and oxygen atoms in total. The van der Waals surface area contributed by atoms with Crippen LogP contribution in [0.3, 0.4) is 0 Å². The van der Waals surface area contributed by atoms with Gasteiger partial charge in [0, 0.05) is 51.3 Å². The second-order valence-corrected chi connectivity index (χ2v) is 10.0. The van der Waals surface area contributed by atoms with Gasteiger partial charge in [0.25, 0.3) is 0 Å². The Bertz CT molecular complexity index is 887. The number of benzene rings is 1. The van der Waals surface area contributed by atoms with Crippen LogP contribution in [0.25, 0.3) is 0 Å². The molecule has 1 saturated carbocycles. The first-order valence-corrected chi connectivity index (χ1v) is 12.1. The molecule has 2 N–H and O–H groups in total. The van der Waals surface area contributed by atoms with Crippen LogP contribution in [0.1, 0.15) is 32.6 Å². The van der Waals surface area contributed by atoms with Crippen LogP contribution in [0.4, 0.5) is 5.69 Å². The Morgan fingerprint density at radius 2 is 1.65 bits per heavy atom. The molecule has 0 aromatic heterocycles. The van der Waals surface area contributed by atoms with Gasteiger partial charge in [0.1, 0.15) is 0 Å². The third-order valence-electron chi connectivity index (χ3n) is 6.02. The molecule has 1 aromatic carbocycles. The van der Waals surface area contributed by atoms with Gasteiger partial charge in [-0.15, -0.1) is 0 Å². The Hall–Kier alpha value is -2.46. The van der Waals surface area contributed by atoms with E-state index in [-0.39, 0.29) is 28.5 Å². The van der Waals surface area contributed by atoms with Gasteiger partial charge in [0.2, 0.25) is 28.2 Å². The molecule has 1 aromatic rings. The smallest absolute Gasteiger partial charge is 0.240 e. The van der Waals surface area contributed by atoms with Crippen molar-refractivity contribution in [2.75, 3.05) is 38.0 Å². The quantitative estimate of drug-likeness (QED) is 0.602. The van der Waals surface area contributed by atoms with Crippen LogP contribution in [-0.4, -0.2) is 69.2 Å². The lowest BCUT2D eigenvalue weighted by molar-refractivity contribution is -0.140. The maximum absolute atomic E-state index is 12.7. The minimum Gasteiger partial charge on any atom is -0.342 e. The summed E-state index contributed by atoms with van der Waals surface area (Å²) in [5.74, 6) is 0.122. The van der Waals surface area contributed by atoms with Gasteiger partial charge in [-0.2, -0.15) is 0 Å². The highest BCUT2D eigenvalue weighted by atomic mass is 32.2. The molecule has 10 heteroatoms. The first kappa shape index (κ1) is 23.2. The molecule has 1 aliphatic carbocycles. The molecular weight excluding hydrogens is 420 g/mol. The van der Waals surface area contributed by atoms with Crippen molar-refractivity contribution in [3.05, 3.63) is 24.3 Å². The number of hydrogen-bond donors (Lipinski definition) is 2. The zero-order chi connectivity index (χ0) is 22.4. The van der Waals surface area contributed by atoms with E-state index in [1.165, 1.54) is 19.1 Å². The molecule has 2 fully saturated rings. The fourth-order valence-electron chi connectivity index (χ4n) is 4.15. The number of carbonyl (C=O) groups is 3. The van der Waals surface area contributed by atoms with Gasteiger partial charge in [0.05, 0.1) is 4.90 Å². The zero-order valence-electron chi connectivity index (χ0n) is 17.7. The van der Waals surface area contributed by atoms with Gasteiger partial charge < -0.3 is 15.1 Å². The third kappa shape index (κ3) is 6.27. The van der Waals surface area contributed by atoms with Crippen molar-refractivity contribution in [3.63, 3.8) is 0 Å². The summed E-state index contributed by atoms with van der Waals surface area (Å²) in [5.41, 5.74) is 0.544. The topological polar surface area (TPSA) is 116 Å². The average Bonchev–Trinajstić information content (AvgIpc) is 2.78. The summed E-state index contributed by atoms with van der Waals surface area (Å²) < 4.78 is 27.8. The van der Waals surface area contributed by atoms with E-state index in [0.717, 1.165) is 32.1 Å². The third-order valence-corrected chi connectivity index (χ3v) is 7.46. The molecular formula is C21H30N4O5S. The number of hydrogen-bond acceptors (Lipinski definition) is 5. The molecule has 3 amide bonds. The Labute approximate surface area is 183 Å². The highest BCUT2D eigenvalue weighted by Gasteiger charge is 2.31. The normalized spacial score (nSPS) is 22.1. The second-order valence-electron chi connectivity index (χ2n) is 8.24. The number of nitrogens with zero attached hydrogens (tertiary/aromatic N) is 2. The molecule has 0 unspecified atom stereocenters. The molecule has 3 rings (SSSR count). The molecule has 2 aliphatic rings. The molecule has 1 heterocycles. The number of piperazine rings is 1. The zero-order valence-corrected chi connectivity index (χ0v) is 18.6. The molecule has 31 heavy (non-hydrogen) atoms. The van der Waals surface area contributed by atoms with Crippen LogP contribution in [-0.2, 0) is 24.4 Å². The molecule has 0 bridgehead atoms. The summed E-state index contributed by atoms with van der Waals surface area (Å²) in [7, 11) is -3.63. The number of carbonyl (C=O) groups excluding carboxylic acids is 3. The minimum absolute atomic E-state index is 0.0167. The van der Waals surface area contributed by atoms with Crippen molar-refractivity contribution in [2.45, 2.75) is 37.5 Å². The van der Waals surface area contributed by atoms with Gasteiger partial charge in [-0.05, 0) is 55.9 Å². The van der Waals surface area contributed by atoms with Gasteiger partial charge in [0.15, 0.2) is 0 Å². The monoisotopic (exact) mass is 450 g/mol. The lowest BCUT2D eigenvalue weighted by Crippen LogP contribution is -2.50. The number of nitrogens with one attached hydrogen (secondary N) is 2. The van der Waals surface area contributed by atoms with E-state index in [0.29, 0.717) is 38.4 Å². The molecule has 0 spiro atoms. The lowest BCUT2D eigenvalue weighted by Gasteiger charge is -2.36. The highest BCUT2D eigenvalue weighted by molar-refractivity contribution is 7.89. The van der Waals surface area contributed by atoms with Crippen LogP contribution in [0.5, 0.6) is 0 Å². The van der Waals surface area contributed by atoms with Gasteiger partial charge >= 0.3 is 0 Å². The fourth-order valence-corrected chi connectivity index (χ4v) is 5.27. The van der Waals surface area contributed by atoms with E-state index in [1.54, 1.807) is 17.0 Å². The average molecular weight is 451 g/mol. The van der Waals surface area contributed by atoms with Crippen molar-refractivity contribution >= 4 is 33.9 Å². The molecule has 0 radical (unpaired) electrons. The summed E-state index contributed by atoms with van der Waals surface area (Å²) in [6.07, 6.45) is 3.93. The van der Waals surface area contributed by atoms with Crippen LogP contribution >= 0.6 is 0 Å². The van der Waals surface area contributed by atoms with E-state index in [9.17, 15) is 22.8 Å². The van der Waals surface area contributed by atoms with E-state index in [4.69, 9.17) is 0 Å². The largest absolute Gasteiger partial charge is 0.342 e. The van der Waals surface area contributed by atoms with Gasteiger partial charge in [-0.25, -0.2) is 13.1 Å². The summed E-state index contributed by atoms with van der Waals surface area (Å²) in [5, 5.41) is 2.61. The lowest BCUT2D eigenvalue weighted by atomic mass is 9.81. The Morgan fingerprint density at radius 3 is 2.19 bits per heavy atom. The van der Waals surface area contributed by atoms with Crippen molar-refractivity contribution < 1.29 is 22.8 Å². The van der Waals surface area contributed by atoms with E-state index < -0.39 is 10.0 Å². The van der Waals surface area contributed by atoms with Crippen molar-refractivity contribution in [2.24, 2.45) is 11.8 Å². The number of sulfonamides is 1. The summed E-state index contributed by atoms with van der Waals surface area (Å²) in [6, 6.07) is 6.05. The van der Waals surface area contributed by atoms with Gasteiger partial charge in [-0.3, -0.25) is 14.4 Å². The predicted molar refractivity (Wildman–Crippen MR) is 116 cm³/mol. The van der Waals surface area contributed by atoms with E-state index in [1.807, 2.05) is 4.90 Å². The first-order chi connectivity index (χ1) is 14.8. The Morgan fingerprint density at radius 1 is 1.03 bits per heavy atom. The number of rotatable bonds is 7. The Balaban J connectivity index is 1.44. The van der Waals surface area contributed by atoms with Crippen LogP contribution in [0, 0.1) is 11.8 Å². The van der Waals surface area contributed by atoms with Crippen LogP contribution in [0.15, 0.2) is 29.2 Å². The van der Waals surface area contributed by atoms with Gasteiger partial charge in [-0.1, -0.05) is 0 Å². The molecule has 1 aliphatic heterocycles. The molecule has 0 atom stereocenters. The summed E-state index contributed by atoms with van der Waals surface area (Å²) in [6.45, 7) is 4.06. The van der Waals surface area contributed by atoms with Crippen molar-refractivity contribution in [1.82, 2.24) is 14.5 Å². The standard InChI is InChI=1S/C21H30N4O5S/c1-16(27)23-19-6-8-20(9-7-19)31(29,30)22-14-17-2-4-18(5-3-17)21(28)25-12-10-24(15-26)11-13-25/h6-9,15,17-18,22H,2-5,10-14H2,1H3,(H,23,27). The van der Waals surface area contributed by atoms with Crippen molar-refractivity contribution in [3.8, 4) is 0 Å². The predicted octanol–water partition coefficient (Wildman–Crippen LogP) is 1.03. The maximum atomic E-state index is 12.7. The van der Waals surface area contributed by atoms with E-state index in [2.05, 4.69) is 10.0 Å². The summed E-state index contributed by atoms with van der Waals surface area (Å²) in [4.78, 5) is 38.3. The highest BCUT2D eigenvalue weighted by Crippen LogP contribution is 2.30. The minimum atomic E-state index is -3.63. The summed E-state index contributed by atoms with van der Waals surface area (Å²) >= 11 is 0. The fraction of sp³-hybridized carbons (Fsp3) is 0.571. The molecule has 1 saturated heterocycles. The first-order valence-electron chi connectivity index (χ1n) is 10.6. The maximum Gasteiger partial charge on any atom is 0.240 e. The number of anilines is 1. The number of amides is 3. The SMILES string of the molecule is CC(=O)Nc1ccc(S(=O)(=O)NCC2CCC(C(=O)N3CCN(C=O)CC3)CC2)cc1.